The number of H-pyrrole nitrogens is 1. The minimum absolute atomic E-state index is 0.236. The second-order valence-corrected chi connectivity index (χ2v) is 6.70. The minimum Gasteiger partial charge on any atom is -0.361 e. The van der Waals surface area contributed by atoms with Gasteiger partial charge in [-0.15, -0.1) is 10.2 Å². The van der Waals surface area contributed by atoms with Crippen LogP contribution in [0.15, 0.2) is 65.9 Å². The van der Waals surface area contributed by atoms with Gasteiger partial charge >= 0.3 is 11.8 Å². The van der Waals surface area contributed by atoms with E-state index in [1.165, 1.54) is 17.6 Å². The van der Waals surface area contributed by atoms with E-state index >= 15 is 0 Å². The first-order valence-corrected chi connectivity index (χ1v) is 9.12. The summed E-state index contributed by atoms with van der Waals surface area (Å²) in [6.07, 6.45) is 3.25. The molecule has 0 bridgehead atoms. The van der Waals surface area contributed by atoms with Gasteiger partial charge in [-0.3, -0.25) is 14.9 Å². The Morgan fingerprint density at radius 1 is 1.00 bits per heavy atom. The maximum Gasteiger partial charge on any atom is 0.329 e. The highest BCUT2D eigenvalue weighted by Gasteiger charge is 2.16. The smallest absolute Gasteiger partial charge is 0.329 e. The first-order valence-electron chi connectivity index (χ1n) is 8.30. The van der Waals surface area contributed by atoms with Crippen molar-refractivity contribution < 1.29 is 9.59 Å². The van der Waals surface area contributed by atoms with Crippen LogP contribution in [0.4, 0.5) is 5.13 Å². The van der Waals surface area contributed by atoms with Crippen LogP contribution in [0.25, 0.3) is 21.5 Å². The molecule has 0 fully saturated rings. The molecular formula is C19H14N6O2S. The number of hydrogen-bond donors (Lipinski definition) is 3. The quantitative estimate of drug-likeness (QED) is 0.282. The summed E-state index contributed by atoms with van der Waals surface area (Å²) in [5, 5.41) is 16.0. The molecule has 2 heterocycles. The van der Waals surface area contributed by atoms with Crippen molar-refractivity contribution in [3.05, 3.63) is 66.4 Å². The predicted octanol–water partition coefficient (Wildman–Crippen LogP) is 2.78. The van der Waals surface area contributed by atoms with Gasteiger partial charge in [0.15, 0.2) is 0 Å². The maximum absolute atomic E-state index is 12.0. The number of hydrogen-bond acceptors (Lipinski definition) is 6. The van der Waals surface area contributed by atoms with Crippen LogP contribution in [0.5, 0.6) is 0 Å². The third-order valence-electron chi connectivity index (χ3n) is 3.86. The van der Waals surface area contributed by atoms with Crippen LogP contribution in [0.2, 0.25) is 0 Å². The van der Waals surface area contributed by atoms with Gasteiger partial charge in [-0.2, -0.15) is 5.10 Å². The molecule has 0 saturated heterocycles. The first-order chi connectivity index (χ1) is 13.7. The standard InChI is InChI=1S/C19H14N6O2S/c26-16(22-19-25-24-18(28-19)12-6-2-1-3-7-12)17(27)23-21-11-13-10-20-15-9-5-4-8-14(13)15/h1-11,20H,(H,23,27)(H,22,25,26)/b21-11+. The van der Waals surface area contributed by atoms with Crippen molar-refractivity contribution in [1.29, 1.82) is 0 Å². The molecule has 0 aliphatic heterocycles. The van der Waals surface area contributed by atoms with Gasteiger partial charge in [0.05, 0.1) is 6.21 Å². The predicted molar refractivity (Wildman–Crippen MR) is 108 cm³/mol. The van der Waals surface area contributed by atoms with Crippen LogP contribution >= 0.6 is 11.3 Å². The fourth-order valence-corrected chi connectivity index (χ4v) is 3.28. The van der Waals surface area contributed by atoms with E-state index in [1.807, 2.05) is 54.6 Å². The molecule has 2 amide bonds. The second-order valence-electron chi connectivity index (χ2n) is 5.72. The van der Waals surface area contributed by atoms with Crippen LogP contribution in [0.1, 0.15) is 5.56 Å². The summed E-state index contributed by atoms with van der Waals surface area (Å²) in [5.41, 5.74) is 4.84. The van der Waals surface area contributed by atoms with Crippen molar-refractivity contribution in [1.82, 2.24) is 20.6 Å². The zero-order valence-electron chi connectivity index (χ0n) is 14.4. The van der Waals surface area contributed by atoms with Crippen molar-refractivity contribution >= 4 is 45.4 Å². The zero-order chi connectivity index (χ0) is 19.3. The van der Waals surface area contributed by atoms with E-state index in [1.54, 1.807) is 6.20 Å². The lowest BCUT2D eigenvalue weighted by molar-refractivity contribution is -0.136. The summed E-state index contributed by atoms with van der Waals surface area (Å²) in [6, 6.07) is 17.1. The molecule has 0 unspecified atom stereocenters. The van der Waals surface area contributed by atoms with Crippen molar-refractivity contribution in [2.45, 2.75) is 0 Å². The van der Waals surface area contributed by atoms with E-state index in [9.17, 15) is 9.59 Å². The lowest BCUT2D eigenvalue weighted by Gasteiger charge is -1.99. The van der Waals surface area contributed by atoms with Crippen LogP contribution < -0.4 is 10.7 Å². The van der Waals surface area contributed by atoms with Crippen LogP contribution in [0.3, 0.4) is 0 Å². The lowest BCUT2D eigenvalue weighted by Crippen LogP contribution is -2.32. The Hall–Kier alpha value is -3.85. The van der Waals surface area contributed by atoms with E-state index in [2.05, 4.69) is 31.0 Å². The summed E-state index contributed by atoms with van der Waals surface area (Å²) in [7, 11) is 0. The number of nitrogens with zero attached hydrogens (tertiary/aromatic N) is 3. The second kappa shape index (κ2) is 7.80. The Bertz CT molecular complexity index is 1170. The molecule has 2 aromatic heterocycles. The van der Waals surface area contributed by atoms with Gasteiger partial charge < -0.3 is 4.98 Å². The summed E-state index contributed by atoms with van der Waals surface area (Å²) in [5.74, 6) is -1.76. The molecule has 3 N–H and O–H groups in total. The van der Waals surface area contributed by atoms with Crippen molar-refractivity contribution in [3.8, 4) is 10.6 Å². The molecule has 2 aromatic carbocycles. The number of amides is 2. The highest BCUT2D eigenvalue weighted by Crippen LogP contribution is 2.25. The van der Waals surface area contributed by atoms with Crippen molar-refractivity contribution in [3.63, 3.8) is 0 Å². The summed E-state index contributed by atoms with van der Waals surface area (Å²) >= 11 is 1.18. The van der Waals surface area contributed by atoms with Gasteiger partial charge in [0.1, 0.15) is 5.01 Å². The third-order valence-corrected chi connectivity index (χ3v) is 4.75. The molecule has 0 spiro atoms. The van der Waals surface area contributed by atoms with E-state index in [0.717, 1.165) is 22.0 Å². The Balaban J connectivity index is 1.36. The van der Waals surface area contributed by atoms with Gasteiger partial charge in [-0.1, -0.05) is 59.9 Å². The Morgan fingerprint density at radius 2 is 1.79 bits per heavy atom. The molecular weight excluding hydrogens is 376 g/mol. The van der Waals surface area contributed by atoms with Crippen LogP contribution in [-0.4, -0.2) is 33.2 Å². The van der Waals surface area contributed by atoms with Gasteiger partial charge in [-0.05, 0) is 6.07 Å². The number of anilines is 1. The van der Waals surface area contributed by atoms with Crippen molar-refractivity contribution in [2.75, 3.05) is 5.32 Å². The molecule has 138 valence electrons. The third kappa shape index (κ3) is 3.79. The Kier molecular flexibility index (Phi) is 4.89. The van der Waals surface area contributed by atoms with Crippen LogP contribution in [-0.2, 0) is 9.59 Å². The normalized spacial score (nSPS) is 11.0. The van der Waals surface area contributed by atoms with E-state index in [-0.39, 0.29) is 5.13 Å². The average Bonchev–Trinajstić information content (AvgIpc) is 3.36. The summed E-state index contributed by atoms with van der Waals surface area (Å²) < 4.78 is 0. The zero-order valence-corrected chi connectivity index (χ0v) is 15.2. The number of nitrogens with one attached hydrogen (secondary N) is 3. The molecule has 0 atom stereocenters. The number of benzene rings is 2. The fraction of sp³-hybridized carbons (Fsp3) is 0. The highest BCUT2D eigenvalue weighted by molar-refractivity contribution is 7.18. The van der Waals surface area contributed by atoms with Gasteiger partial charge in [0.25, 0.3) is 0 Å². The number of hydrazone groups is 1. The van der Waals surface area contributed by atoms with Gasteiger partial charge in [0.2, 0.25) is 5.13 Å². The Morgan fingerprint density at radius 3 is 2.64 bits per heavy atom. The Labute approximate surface area is 163 Å². The molecule has 28 heavy (non-hydrogen) atoms. The van der Waals surface area contributed by atoms with E-state index in [0.29, 0.717) is 5.01 Å². The topological polar surface area (TPSA) is 112 Å². The average molecular weight is 390 g/mol. The number of carbonyl (C=O) groups excluding carboxylic acids is 2. The molecule has 0 aliphatic carbocycles. The number of para-hydroxylation sites is 1. The molecule has 4 aromatic rings. The molecule has 9 heteroatoms. The lowest BCUT2D eigenvalue weighted by atomic mass is 10.2. The number of carbonyl (C=O) groups is 2. The molecule has 0 saturated carbocycles. The number of rotatable bonds is 4. The highest BCUT2D eigenvalue weighted by atomic mass is 32.1. The van der Waals surface area contributed by atoms with Crippen molar-refractivity contribution in [2.24, 2.45) is 5.10 Å². The fourth-order valence-electron chi connectivity index (χ4n) is 2.54. The summed E-state index contributed by atoms with van der Waals surface area (Å²) in [6.45, 7) is 0. The molecule has 8 nitrogen and oxygen atoms in total. The van der Waals surface area contributed by atoms with Crippen LogP contribution in [0, 0.1) is 0 Å². The molecule has 4 rings (SSSR count). The number of aromatic amines is 1. The molecule has 0 radical (unpaired) electrons. The van der Waals surface area contributed by atoms with Gasteiger partial charge in [-0.25, -0.2) is 5.43 Å². The first kappa shape index (κ1) is 17.6. The van der Waals surface area contributed by atoms with Gasteiger partial charge in [0, 0.05) is 28.2 Å². The maximum atomic E-state index is 12.0. The monoisotopic (exact) mass is 390 g/mol. The summed E-state index contributed by atoms with van der Waals surface area (Å²) in [4.78, 5) is 27.0. The SMILES string of the molecule is O=C(N/N=C/c1c[nH]c2ccccc12)C(=O)Nc1nnc(-c2ccccc2)s1. The number of fused-ring (bicyclic) bond motifs is 1. The minimum atomic E-state index is -0.896. The van der Waals surface area contributed by atoms with E-state index < -0.39 is 11.8 Å². The largest absolute Gasteiger partial charge is 0.361 e. The van der Waals surface area contributed by atoms with E-state index in [4.69, 9.17) is 0 Å². The molecule has 0 aliphatic rings. The number of aromatic nitrogens is 3.